The fourth-order valence-corrected chi connectivity index (χ4v) is 3.52. The van der Waals surface area contributed by atoms with Crippen molar-refractivity contribution < 1.29 is 14.0 Å². The van der Waals surface area contributed by atoms with Gasteiger partial charge in [0.15, 0.2) is 0 Å². The van der Waals surface area contributed by atoms with Crippen LogP contribution >= 0.6 is 11.6 Å². The lowest BCUT2D eigenvalue weighted by atomic mass is 10.0. The van der Waals surface area contributed by atoms with Crippen LogP contribution in [0.25, 0.3) is 0 Å². The molecule has 0 unspecified atom stereocenters. The topological polar surface area (TPSA) is 49.4 Å². The van der Waals surface area contributed by atoms with Crippen LogP contribution in [-0.2, 0) is 22.6 Å². The van der Waals surface area contributed by atoms with E-state index in [4.69, 9.17) is 11.6 Å². The third-order valence-corrected chi connectivity index (χ3v) is 5.73. The van der Waals surface area contributed by atoms with Gasteiger partial charge in [-0.05, 0) is 49.9 Å². The van der Waals surface area contributed by atoms with Crippen LogP contribution in [0.5, 0.6) is 0 Å². The van der Waals surface area contributed by atoms with Crippen molar-refractivity contribution >= 4 is 23.4 Å². The van der Waals surface area contributed by atoms with Gasteiger partial charge in [0.05, 0.1) is 6.42 Å². The van der Waals surface area contributed by atoms with E-state index < -0.39 is 11.9 Å². The SMILES string of the molecule is CC[C@@H](C)NC(=O)[C@@H](CC)N(Cc1ccccc1C)C(=O)Cc1c(F)cccc1Cl. The molecule has 30 heavy (non-hydrogen) atoms. The molecule has 2 aromatic carbocycles. The molecular weight excluding hydrogens is 403 g/mol. The Hall–Kier alpha value is -2.40. The number of hydrogen-bond donors (Lipinski definition) is 1. The summed E-state index contributed by atoms with van der Waals surface area (Å²) in [4.78, 5) is 27.8. The molecule has 0 radical (unpaired) electrons. The second kappa shape index (κ2) is 11.1. The smallest absolute Gasteiger partial charge is 0.243 e. The molecule has 162 valence electrons. The van der Waals surface area contributed by atoms with E-state index in [1.807, 2.05) is 52.0 Å². The summed E-state index contributed by atoms with van der Waals surface area (Å²) in [5.41, 5.74) is 2.12. The van der Waals surface area contributed by atoms with E-state index in [0.717, 1.165) is 17.5 Å². The zero-order valence-corrected chi connectivity index (χ0v) is 18.8. The number of amides is 2. The number of carbonyl (C=O) groups excluding carboxylic acids is 2. The maximum atomic E-state index is 14.3. The number of hydrogen-bond acceptors (Lipinski definition) is 2. The highest BCUT2D eigenvalue weighted by atomic mass is 35.5. The Kier molecular flexibility index (Phi) is 8.85. The summed E-state index contributed by atoms with van der Waals surface area (Å²) >= 11 is 6.14. The van der Waals surface area contributed by atoms with Crippen molar-refractivity contribution in [1.82, 2.24) is 10.2 Å². The second-order valence-corrected chi connectivity index (χ2v) is 7.97. The molecule has 2 amide bonds. The number of benzene rings is 2. The van der Waals surface area contributed by atoms with Crippen molar-refractivity contribution in [2.45, 2.75) is 65.6 Å². The molecule has 0 heterocycles. The van der Waals surface area contributed by atoms with E-state index >= 15 is 0 Å². The van der Waals surface area contributed by atoms with Gasteiger partial charge in [-0.3, -0.25) is 9.59 Å². The molecule has 4 nitrogen and oxygen atoms in total. The van der Waals surface area contributed by atoms with Crippen molar-refractivity contribution in [3.63, 3.8) is 0 Å². The fraction of sp³-hybridized carbons (Fsp3) is 0.417. The van der Waals surface area contributed by atoms with Gasteiger partial charge in [0.1, 0.15) is 11.9 Å². The largest absolute Gasteiger partial charge is 0.352 e. The van der Waals surface area contributed by atoms with Crippen LogP contribution in [0.15, 0.2) is 42.5 Å². The number of nitrogens with one attached hydrogen (secondary N) is 1. The Morgan fingerprint density at radius 1 is 1.10 bits per heavy atom. The molecule has 2 aromatic rings. The summed E-state index contributed by atoms with van der Waals surface area (Å²) in [7, 11) is 0. The lowest BCUT2D eigenvalue weighted by Gasteiger charge is -2.32. The van der Waals surface area contributed by atoms with Crippen LogP contribution in [0.2, 0.25) is 5.02 Å². The van der Waals surface area contributed by atoms with Crippen molar-refractivity contribution in [3.8, 4) is 0 Å². The molecule has 0 aliphatic carbocycles. The predicted molar refractivity (Wildman–Crippen MR) is 119 cm³/mol. The average Bonchev–Trinajstić information content (AvgIpc) is 2.71. The van der Waals surface area contributed by atoms with Gasteiger partial charge >= 0.3 is 0 Å². The minimum Gasteiger partial charge on any atom is -0.352 e. The standard InChI is InChI=1S/C24H30ClFN2O2/c1-5-17(4)27-24(30)22(6-2)28(15-18-11-8-7-10-16(18)3)23(29)14-19-20(25)12-9-13-21(19)26/h7-13,17,22H,5-6,14-15H2,1-4H3,(H,27,30)/t17-,22-/m1/s1. The first-order chi connectivity index (χ1) is 14.3. The lowest BCUT2D eigenvalue weighted by Crippen LogP contribution is -2.51. The molecule has 0 bridgehead atoms. The normalized spacial score (nSPS) is 12.9. The van der Waals surface area contributed by atoms with Gasteiger partial charge in [-0.15, -0.1) is 0 Å². The van der Waals surface area contributed by atoms with Gasteiger partial charge in [-0.2, -0.15) is 0 Å². The van der Waals surface area contributed by atoms with E-state index in [-0.39, 0.29) is 41.4 Å². The molecule has 0 aliphatic rings. The molecule has 0 saturated heterocycles. The Bertz CT molecular complexity index is 867. The minimum absolute atomic E-state index is 0.00276. The van der Waals surface area contributed by atoms with Gasteiger partial charge < -0.3 is 10.2 Å². The zero-order chi connectivity index (χ0) is 22.3. The molecule has 0 saturated carbocycles. The number of carbonyl (C=O) groups is 2. The second-order valence-electron chi connectivity index (χ2n) is 7.57. The van der Waals surface area contributed by atoms with Crippen molar-refractivity contribution in [1.29, 1.82) is 0 Å². The highest BCUT2D eigenvalue weighted by Crippen LogP contribution is 2.22. The quantitative estimate of drug-likeness (QED) is 0.602. The Morgan fingerprint density at radius 3 is 2.40 bits per heavy atom. The first-order valence-corrected chi connectivity index (χ1v) is 10.7. The zero-order valence-electron chi connectivity index (χ0n) is 18.0. The van der Waals surface area contributed by atoms with Crippen LogP contribution in [0, 0.1) is 12.7 Å². The summed E-state index contributed by atoms with van der Waals surface area (Å²) in [6.07, 6.45) is 1.04. The Morgan fingerprint density at radius 2 is 1.80 bits per heavy atom. The van der Waals surface area contributed by atoms with Crippen LogP contribution in [0.4, 0.5) is 4.39 Å². The highest BCUT2D eigenvalue weighted by molar-refractivity contribution is 6.31. The summed E-state index contributed by atoms with van der Waals surface area (Å²) in [6.45, 7) is 8.02. The third-order valence-electron chi connectivity index (χ3n) is 5.38. The third kappa shape index (κ3) is 6.05. The van der Waals surface area contributed by atoms with Crippen LogP contribution in [-0.4, -0.2) is 28.8 Å². The van der Waals surface area contributed by atoms with E-state index in [1.54, 1.807) is 11.0 Å². The van der Waals surface area contributed by atoms with E-state index in [2.05, 4.69) is 5.32 Å². The van der Waals surface area contributed by atoms with Gasteiger partial charge in [0.25, 0.3) is 0 Å². The van der Waals surface area contributed by atoms with Crippen molar-refractivity contribution in [3.05, 3.63) is 70.0 Å². The summed E-state index contributed by atoms with van der Waals surface area (Å²) < 4.78 is 14.3. The van der Waals surface area contributed by atoms with Crippen LogP contribution in [0.3, 0.4) is 0 Å². The Labute approximate surface area is 183 Å². The van der Waals surface area contributed by atoms with Gasteiger partial charge in [0, 0.05) is 23.2 Å². The maximum absolute atomic E-state index is 14.3. The summed E-state index contributed by atoms with van der Waals surface area (Å²) in [6, 6.07) is 11.4. The molecule has 2 rings (SSSR count). The van der Waals surface area contributed by atoms with Crippen molar-refractivity contribution in [2.75, 3.05) is 0 Å². The molecule has 0 spiro atoms. The predicted octanol–water partition coefficient (Wildman–Crippen LogP) is 5.05. The first-order valence-electron chi connectivity index (χ1n) is 10.4. The number of nitrogens with zero attached hydrogens (tertiary/aromatic N) is 1. The molecule has 0 fully saturated rings. The van der Waals surface area contributed by atoms with E-state index in [9.17, 15) is 14.0 Å². The molecule has 2 atom stereocenters. The van der Waals surface area contributed by atoms with Crippen molar-refractivity contribution in [2.24, 2.45) is 0 Å². The lowest BCUT2D eigenvalue weighted by molar-refractivity contribution is -0.141. The average molecular weight is 433 g/mol. The molecular formula is C24H30ClFN2O2. The van der Waals surface area contributed by atoms with Gasteiger partial charge in [-0.25, -0.2) is 4.39 Å². The first kappa shape index (κ1) is 23.9. The summed E-state index contributed by atoms with van der Waals surface area (Å²) in [5, 5.41) is 3.17. The number of rotatable bonds is 9. The molecule has 6 heteroatoms. The van der Waals surface area contributed by atoms with Crippen LogP contribution < -0.4 is 5.32 Å². The number of aryl methyl sites for hydroxylation is 1. The Balaban J connectivity index is 2.37. The van der Waals surface area contributed by atoms with E-state index in [1.165, 1.54) is 12.1 Å². The number of halogens is 2. The van der Waals surface area contributed by atoms with Gasteiger partial charge in [-0.1, -0.05) is 55.8 Å². The van der Waals surface area contributed by atoms with Crippen LogP contribution in [0.1, 0.15) is 50.3 Å². The van der Waals surface area contributed by atoms with E-state index in [0.29, 0.717) is 6.42 Å². The highest BCUT2D eigenvalue weighted by Gasteiger charge is 2.30. The molecule has 1 N–H and O–H groups in total. The molecule has 0 aromatic heterocycles. The fourth-order valence-electron chi connectivity index (χ4n) is 3.29. The maximum Gasteiger partial charge on any atom is 0.243 e. The monoisotopic (exact) mass is 432 g/mol. The molecule has 0 aliphatic heterocycles. The van der Waals surface area contributed by atoms with Gasteiger partial charge in [0.2, 0.25) is 11.8 Å². The minimum atomic E-state index is -0.656. The summed E-state index contributed by atoms with van der Waals surface area (Å²) in [5.74, 6) is -1.06.